The fraction of sp³-hybridized carbons (Fsp3) is 0.579. The maximum absolute atomic E-state index is 12.1. The van der Waals surface area contributed by atoms with E-state index in [0.717, 1.165) is 19.3 Å². The third-order valence-corrected chi connectivity index (χ3v) is 4.66. The van der Waals surface area contributed by atoms with Gasteiger partial charge in [-0.1, -0.05) is 25.7 Å². The number of ether oxygens (including phenoxy) is 2. The summed E-state index contributed by atoms with van der Waals surface area (Å²) in [5, 5.41) is 2.31. The quantitative estimate of drug-likeness (QED) is 0.613. The first-order valence-electron chi connectivity index (χ1n) is 9.39. The van der Waals surface area contributed by atoms with Gasteiger partial charge < -0.3 is 19.6 Å². The Balaban J connectivity index is 1.93. The van der Waals surface area contributed by atoms with Crippen molar-refractivity contribution in [3.05, 3.63) is 16.9 Å². The van der Waals surface area contributed by atoms with Crippen molar-refractivity contribution >= 4 is 29.6 Å². The number of anilines is 1. The summed E-state index contributed by atoms with van der Waals surface area (Å²) in [5.74, 6) is -2.55. The molecule has 1 heterocycles. The highest BCUT2D eigenvalue weighted by Gasteiger charge is 2.29. The number of furan rings is 1. The lowest BCUT2D eigenvalue weighted by Crippen LogP contribution is -2.23. The molecule has 0 spiro atoms. The first kappa shape index (κ1) is 21.5. The van der Waals surface area contributed by atoms with E-state index in [1.54, 1.807) is 6.92 Å². The number of primary amides is 1. The smallest absolute Gasteiger partial charge is 0.342 e. The summed E-state index contributed by atoms with van der Waals surface area (Å²) in [7, 11) is 0. The number of carbonyl (C=O) groups excluding carboxylic acids is 4. The van der Waals surface area contributed by atoms with E-state index in [9.17, 15) is 19.2 Å². The van der Waals surface area contributed by atoms with Crippen LogP contribution >= 0.6 is 0 Å². The van der Waals surface area contributed by atoms with Gasteiger partial charge in [-0.3, -0.25) is 19.7 Å². The van der Waals surface area contributed by atoms with Crippen LogP contribution in [0.1, 0.15) is 71.9 Å². The Bertz CT molecular complexity index is 748. The predicted octanol–water partition coefficient (Wildman–Crippen LogP) is 2.32. The molecular weight excluding hydrogens is 368 g/mol. The number of hydrogen-bond donors (Lipinski definition) is 2. The van der Waals surface area contributed by atoms with Crippen LogP contribution in [0.3, 0.4) is 0 Å². The highest BCUT2D eigenvalue weighted by Crippen LogP contribution is 2.29. The lowest BCUT2D eigenvalue weighted by atomic mass is 10.0. The fourth-order valence-corrected chi connectivity index (χ4v) is 3.32. The predicted molar refractivity (Wildman–Crippen MR) is 98.7 cm³/mol. The van der Waals surface area contributed by atoms with E-state index < -0.39 is 30.4 Å². The normalized spacial score (nSPS) is 13.9. The second-order valence-electron chi connectivity index (χ2n) is 6.72. The molecule has 1 fully saturated rings. The topological polar surface area (TPSA) is 138 Å². The lowest BCUT2D eigenvalue weighted by Gasteiger charge is -2.09. The van der Waals surface area contributed by atoms with Crippen LogP contribution in [0.5, 0.6) is 0 Å². The van der Waals surface area contributed by atoms with Crippen molar-refractivity contribution in [3.8, 4) is 0 Å². The zero-order valence-corrected chi connectivity index (χ0v) is 16.2. The number of amides is 2. The first-order chi connectivity index (χ1) is 13.3. The van der Waals surface area contributed by atoms with Gasteiger partial charge in [0.15, 0.2) is 6.61 Å². The maximum Gasteiger partial charge on any atom is 0.342 e. The van der Waals surface area contributed by atoms with Gasteiger partial charge in [-0.05, 0) is 26.2 Å². The molecule has 9 nitrogen and oxygen atoms in total. The van der Waals surface area contributed by atoms with Crippen molar-refractivity contribution < 1.29 is 33.1 Å². The summed E-state index contributed by atoms with van der Waals surface area (Å²) in [6.45, 7) is 2.62. The summed E-state index contributed by atoms with van der Waals surface area (Å²) < 4.78 is 15.1. The minimum atomic E-state index is -0.955. The SMILES string of the molecule is CCOC(=O)c1c(C)oc(NC(=O)COC(=O)CCC2CCCC2)c1C(N)=O. The van der Waals surface area contributed by atoms with Crippen molar-refractivity contribution in [2.24, 2.45) is 11.7 Å². The molecule has 1 aliphatic carbocycles. The van der Waals surface area contributed by atoms with Crippen LogP contribution in [0.25, 0.3) is 0 Å². The second-order valence-corrected chi connectivity index (χ2v) is 6.72. The second kappa shape index (κ2) is 9.91. The average Bonchev–Trinajstić information content (AvgIpc) is 3.25. The Kier molecular flexibility index (Phi) is 7.60. The van der Waals surface area contributed by atoms with Crippen LogP contribution in [0.4, 0.5) is 5.88 Å². The molecule has 0 bridgehead atoms. The van der Waals surface area contributed by atoms with Gasteiger partial charge in [0, 0.05) is 6.42 Å². The molecule has 1 saturated carbocycles. The largest absolute Gasteiger partial charge is 0.462 e. The van der Waals surface area contributed by atoms with Gasteiger partial charge in [0.05, 0.1) is 6.61 Å². The zero-order chi connectivity index (χ0) is 20.7. The number of carbonyl (C=O) groups is 4. The van der Waals surface area contributed by atoms with E-state index in [1.165, 1.54) is 19.8 Å². The number of esters is 2. The highest BCUT2D eigenvalue weighted by molar-refractivity contribution is 6.10. The van der Waals surface area contributed by atoms with Crippen molar-refractivity contribution in [3.63, 3.8) is 0 Å². The number of hydrogen-bond acceptors (Lipinski definition) is 7. The lowest BCUT2D eigenvalue weighted by molar-refractivity contribution is -0.147. The molecule has 0 saturated heterocycles. The van der Waals surface area contributed by atoms with Gasteiger partial charge in [-0.2, -0.15) is 0 Å². The van der Waals surface area contributed by atoms with Crippen LogP contribution in [0.15, 0.2) is 4.42 Å². The van der Waals surface area contributed by atoms with Gasteiger partial charge in [0.1, 0.15) is 16.9 Å². The van der Waals surface area contributed by atoms with Crippen LogP contribution in [-0.2, 0) is 19.1 Å². The maximum atomic E-state index is 12.1. The van der Waals surface area contributed by atoms with Crippen LogP contribution < -0.4 is 11.1 Å². The fourth-order valence-electron chi connectivity index (χ4n) is 3.32. The molecule has 28 heavy (non-hydrogen) atoms. The Hall–Kier alpha value is -2.84. The van der Waals surface area contributed by atoms with E-state index in [0.29, 0.717) is 5.92 Å². The third kappa shape index (κ3) is 5.58. The Morgan fingerprint density at radius 3 is 2.43 bits per heavy atom. The zero-order valence-electron chi connectivity index (χ0n) is 16.2. The van der Waals surface area contributed by atoms with E-state index in [1.807, 2.05) is 0 Å². The van der Waals surface area contributed by atoms with Gasteiger partial charge in [0.2, 0.25) is 5.88 Å². The van der Waals surface area contributed by atoms with Gasteiger partial charge in [-0.15, -0.1) is 0 Å². The minimum absolute atomic E-state index is 0.0797. The summed E-state index contributed by atoms with van der Waals surface area (Å²) in [4.78, 5) is 47.6. The Morgan fingerprint density at radius 1 is 1.14 bits per heavy atom. The molecule has 2 amide bonds. The number of rotatable bonds is 9. The molecule has 1 aromatic rings. The molecule has 0 unspecified atom stereocenters. The van der Waals surface area contributed by atoms with Crippen molar-refractivity contribution in [1.82, 2.24) is 0 Å². The summed E-state index contributed by atoms with van der Waals surface area (Å²) in [6.07, 6.45) is 5.67. The monoisotopic (exact) mass is 394 g/mol. The van der Waals surface area contributed by atoms with Crippen LogP contribution in [-0.4, -0.2) is 37.0 Å². The van der Waals surface area contributed by atoms with Crippen LogP contribution in [0, 0.1) is 12.8 Å². The third-order valence-electron chi connectivity index (χ3n) is 4.66. The van der Waals surface area contributed by atoms with Crippen molar-refractivity contribution in [2.75, 3.05) is 18.5 Å². The highest BCUT2D eigenvalue weighted by atomic mass is 16.5. The Labute approximate surface area is 162 Å². The molecule has 3 N–H and O–H groups in total. The van der Waals surface area contributed by atoms with Crippen molar-refractivity contribution in [1.29, 1.82) is 0 Å². The number of nitrogens with one attached hydrogen (secondary N) is 1. The van der Waals surface area contributed by atoms with Crippen molar-refractivity contribution in [2.45, 2.75) is 52.4 Å². The number of nitrogens with two attached hydrogens (primary N) is 1. The van der Waals surface area contributed by atoms with E-state index in [2.05, 4.69) is 5.32 Å². The molecule has 154 valence electrons. The van der Waals surface area contributed by atoms with Gasteiger partial charge >= 0.3 is 11.9 Å². The average molecular weight is 394 g/mol. The first-order valence-corrected chi connectivity index (χ1v) is 9.39. The molecule has 0 aliphatic heterocycles. The van der Waals surface area contributed by atoms with Gasteiger partial charge in [0.25, 0.3) is 11.8 Å². The molecule has 0 radical (unpaired) electrons. The summed E-state index contributed by atoms with van der Waals surface area (Å²) in [6, 6.07) is 0. The van der Waals surface area contributed by atoms with E-state index >= 15 is 0 Å². The molecule has 2 rings (SSSR count). The minimum Gasteiger partial charge on any atom is -0.462 e. The molecule has 1 aromatic heterocycles. The standard InChI is InChI=1S/C19H26N2O7/c1-3-26-19(25)15-11(2)28-18(16(15)17(20)24)21-13(22)10-27-14(23)9-8-12-6-4-5-7-12/h12H,3-10H2,1-2H3,(H2,20,24)(H,21,22). The molecule has 1 aliphatic rings. The van der Waals surface area contributed by atoms with E-state index in [4.69, 9.17) is 19.6 Å². The molecular formula is C19H26N2O7. The van der Waals surface area contributed by atoms with Gasteiger partial charge in [-0.25, -0.2) is 4.79 Å². The molecule has 0 atom stereocenters. The summed E-state index contributed by atoms with van der Waals surface area (Å²) in [5.41, 5.74) is 4.90. The summed E-state index contributed by atoms with van der Waals surface area (Å²) >= 11 is 0. The Morgan fingerprint density at radius 2 is 1.82 bits per heavy atom. The van der Waals surface area contributed by atoms with Crippen LogP contribution in [0.2, 0.25) is 0 Å². The number of aryl methyl sites for hydroxylation is 1. The molecule has 9 heteroatoms. The molecule has 0 aromatic carbocycles. The van der Waals surface area contributed by atoms with E-state index in [-0.39, 0.29) is 35.8 Å².